The van der Waals surface area contributed by atoms with E-state index in [0.29, 0.717) is 6.04 Å². The summed E-state index contributed by atoms with van der Waals surface area (Å²) in [6.45, 7) is 4.25. The van der Waals surface area contributed by atoms with Crippen LogP contribution in [0.1, 0.15) is 56.2 Å². The van der Waals surface area contributed by atoms with Gasteiger partial charge in [-0.1, -0.05) is 19.4 Å². The van der Waals surface area contributed by atoms with Gasteiger partial charge < -0.3 is 10.1 Å². The van der Waals surface area contributed by atoms with Crippen molar-refractivity contribution in [2.75, 3.05) is 13.2 Å². The van der Waals surface area contributed by atoms with Gasteiger partial charge in [-0.05, 0) is 67.8 Å². The molecule has 19 heavy (non-hydrogen) atoms. The van der Waals surface area contributed by atoms with Gasteiger partial charge in [-0.3, -0.25) is 0 Å². The lowest BCUT2D eigenvalue weighted by atomic mass is 9.86. The van der Waals surface area contributed by atoms with E-state index in [1.807, 2.05) is 0 Å². The Hall–Kier alpha value is -1.02. The quantitative estimate of drug-likeness (QED) is 0.837. The van der Waals surface area contributed by atoms with Gasteiger partial charge in [0, 0.05) is 6.04 Å². The van der Waals surface area contributed by atoms with Crippen molar-refractivity contribution < 1.29 is 4.74 Å². The molecule has 3 rings (SSSR count). The van der Waals surface area contributed by atoms with E-state index in [9.17, 15) is 0 Å². The van der Waals surface area contributed by atoms with Gasteiger partial charge in [0.05, 0.1) is 6.61 Å². The van der Waals surface area contributed by atoms with Crippen molar-refractivity contribution in [3.05, 3.63) is 29.3 Å². The van der Waals surface area contributed by atoms with Crippen LogP contribution in [0, 0.1) is 5.92 Å². The molecule has 2 aliphatic rings. The van der Waals surface area contributed by atoms with Crippen molar-refractivity contribution in [1.29, 1.82) is 0 Å². The van der Waals surface area contributed by atoms with Crippen LogP contribution in [0.5, 0.6) is 5.75 Å². The largest absolute Gasteiger partial charge is 0.493 e. The zero-order valence-corrected chi connectivity index (χ0v) is 12.0. The smallest absolute Gasteiger partial charge is 0.119 e. The number of ether oxygens (including phenoxy) is 1. The first-order chi connectivity index (χ1) is 9.36. The SMILES string of the molecule is CCCNC1CCc2cc(OCC3CCC3)ccc21. The lowest BCUT2D eigenvalue weighted by Gasteiger charge is -2.25. The van der Waals surface area contributed by atoms with Crippen molar-refractivity contribution in [2.24, 2.45) is 5.92 Å². The molecule has 2 heteroatoms. The normalized spacial score (nSPS) is 22.1. The second-order valence-corrected chi connectivity index (χ2v) is 6.01. The van der Waals surface area contributed by atoms with Crippen molar-refractivity contribution in [3.8, 4) is 5.75 Å². The van der Waals surface area contributed by atoms with E-state index in [0.717, 1.165) is 24.8 Å². The molecule has 1 fully saturated rings. The Labute approximate surface area is 116 Å². The Kier molecular flexibility index (Phi) is 4.07. The van der Waals surface area contributed by atoms with E-state index in [1.165, 1.54) is 49.7 Å². The van der Waals surface area contributed by atoms with Gasteiger partial charge in [0.15, 0.2) is 0 Å². The number of benzene rings is 1. The molecule has 0 amide bonds. The van der Waals surface area contributed by atoms with Gasteiger partial charge >= 0.3 is 0 Å². The molecule has 1 aromatic rings. The predicted molar refractivity (Wildman–Crippen MR) is 78.6 cm³/mol. The Morgan fingerprint density at radius 3 is 2.89 bits per heavy atom. The number of fused-ring (bicyclic) bond motifs is 1. The minimum absolute atomic E-state index is 0.565. The van der Waals surface area contributed by atoms with Crippen molar-refractivity contribution in [2.45, 2.75) is 51.5 Å². The van der Waals surface area contributed by atoms with Gasteiger partial charge in [-0.15, -0.1) is 0 Å². The molecule has 104 valence electrons. The zero-order valence-electron chi connectivity index (χ0n) is 12.0. The van der Waals surface area contributed by atoms with Crippen LogP contribution in [0.15, 0.2) is 18.2 Å². The van der Waals surface area contributed by atoms with Crippen LogP contribution in [0.2, 0.25) is 0 Å². The number of aryl methyl sites for hydroxylation is 1. The maximum absolute atomic E-state index is 5.93. The molecular formula is C17H25NO. The molecule has 0 aliphatic heterocycles. The van der Waals surface area contributed by atoms with Gasteiger partial charge in [0.25, 0.3) is 0 Å². The highest BCUT2D eigenvalue weighted by Crippen LogP contribution is 2.34. The lowest BCUT2D eigenvalue weighted by molar-refractivity contribution is 0.180. The topological polar surface area (TPSA) is 21.3 Å². The maximum Gasteiger partial charge on any atom is 0.119 e. The number of rotatable bonds is 6. The van der Waals surface area contributed by atoms with Crippen LogP contribution in [0.3, 0.4) is 0 Å². The van der Waals surface area contributed by atoms with Crippen LogP contribution >= 0.6 is 0 Å². The van der Waals surface area contributed by atoms with Gasteiger partial charge in [0.1, 0.15) is 5.75 Å². The third kappa shape index (κ3) is 2.94. The minimum Gasteiger partial charge on any atom is -0.493 e. The highest BCUT2D eigenvalue weighted by Gasteiger charge is 2.22. The summed E-state index contributed by atoms with van der Waals surface area (Å²) in [5.74, 6) is 1.88. The van der Waals surface area contributed by atoms with Gasteiger partial charge in [-0.25, -0.2) is 0 Å². The lowest BCUT2D eigenvalue weighted by Crippen LogP contribution is -2.20. The molecule has 0 aromatic heterocycles. The number of hydrogen-bond donors (Lipinski definition) is 1. The Morgan fingerprint density at radius 2 is 2.16 bits per heavy atom. The van der Waals surface area contributed by atoms with Crippen molar-refractivity contribution in [3.63, 3.8) is 0 Å². The fourth-order valence-electron chi connectivity index (χ4n) is 3.09. The molecule has 0 spiro atoms. The molecule has 0 bridgehead atoms. The highest BCUT2D eigenvalue weighted by atomic mass is 16.5. The van der Waals surface area contributed by atoms with E-state index in [1.54, 1.807) is 0 Å². The van der Waals surface area contributed by atoms with Crippen molar-refractivity contribution >= 4 is 0 Å². The number of nitrogens with one attached hydrogen (secondary N) is 1. The van der Waals surface area contributed by atoms with Crippen LogP contribution < -0.4 is 10.1 Å². The predicted octanol–water partition coefficient (Wildman–Crippen LogP) is 3.85. The molecule has 2 aliphatic carbocycles. The second kappa shape index (κ2) is 5.96. The summed E-state index contributed by atoms with van der Waals surface area (Å²) < 4.78 is 5.93. The zero-order chi connectivity index (χ0) is 13.1. The number of hydrogen-bond acceptors (Lipinski definition) is 2. The summed E-state index contributed by atoms with van der Waals surface area (Å²) in [6.07, 6.45) is 7.73. The van der Waals surface area contributed by atoms with E-state index in [4.69, 9.17) is 4.74 Å². The fraction of sp³-hybridized carbons (Fsp3) is 0.647. The molecule has 0 heterocycles. The Morgan fingerprint density at radius 1 is 1.26 bits per heavy atom. The van der Waals surface area contributed by atoms with Crippen LogP contribution in [-0.2, 0) is 6.42 Å². The summed E-state index contributed by atoms with van der Waals surface area (Å²) in [5, 5.41) is 3.63. The second-order valence-electron chi connectivity index (χ2n) is 6.01. The maximum atomic E-state index is 5.93. The van der Waals surface area contributed by atoms with Crippen molar-refractivity contribution in [1.82, 2.24) is 5.32 Å². The van der Waals surface area contributed by atoms with Crippen LogP contribution in [-0.4, -0.2) is 13.2 Å². The molecule has 0 radical (unpaired) electrons. The summed E-state index contributed by atoms with van der Waals surface area (Å²) in [4.78, 5) is 0. The standard InChI is InChI=1S/C17H25NO/c1-2-10-18-17-9-6-14-11-15(7-8-16(14)17)19-12-13-4-3-5-13/h7-8,11,13,17-18H,2-6,9-10,12H2,1H3. The molecule has 1 saturated carbocycles. The first-order valence-corrected chi connectivity index (χ1v) is 7.86. The van der Waals surface area contributed by atoms with Gasteiger partial charge in [0.2, 0.25) is 0 Å². The molecule has 0 saturated heterocycles. The van der Waals surface area contributed by atoms with Crippen LogP contribution in [0.25, 0.3) is 0 Å². The summed E-state index contributed by atoms with van der Waals surface area (Å²) in [5.41, 5.74) is 2.98. The Balaban J connectivity index is 1.60. The monoisotopic (exact) mass is 259 g/mol. The average molecular weight is 259 g/mol. The van der Waals surface area contributed by atoms with Crippen LogP contribution in [0.4, 0.5) is 0 Å². The summed E-state index contributed by atoms with van der Waals surface area (Å²) in [6, 6.07) is 7.26. The van der Waals surface area contributed by atoms with E-state index in [2.05, 4.69) is 30.4 Å². The average Bonchev–Trinajstić information content (AvgIpc) is 2.77. The minimum atomic E-state index is 0.565. The molecule has 1 aromatic carbocycles. The molecule has 2 nitrogen and oxygen atoms in total. The fourth-order valence-corrected chi connectivity index (χ4v) is 3.09. The first-order valence-electron chi connectivity index (χ1n) is 7.86. The molecule has 1 atom stereocenters. The highest BCUT2D eigenvalue weighted by molar-refractivity contribution is 5.40. The third-order valence-electron chi connectivity index (χ3n) is 4.54. The van der Waals surface area contributed by atoms with E-state index < -0.39 is 0 Å². The molecule has 1 unspecified atom stereocenters. The summed E-state index contributed by atoms with van der Waals surface area (Å²) >= 11 is 0. The summed E-state index contributed by atoms with van der Waals surface area (Å²) in [7, 11) is 0. The molecule has 1 N–H and O–H groups in total. The Bertz CT molecular complexity index is 425. The van der Waals surface area contributed by atoms with Gasteiger partial charge in [-0.2, -0.15) is 0 Å². The molecular weight excluding hydrogens is 234 g/mol. The van der Waals surface area contributed by atoms with E-state index >= 15 is 0 Å². The third-order valence-corrected chi connectivity index (χ3v) is 4.54. The van der Waals surface area contributed by atoms with E-state index in [-0.39, 0.29) is 0 Å². The first kappa shape index (κ1) is 13.0.